The molecule has 0 heterocycles. The van der Waals surface area contributed by atoms with Crippen LogP contribution in [0.2, 0.25) is 0 Å². The van der Waals surface area contributed by atoms with E-state index >= 15 is 0 Å². The Balaban J connectivity index is 1.83. The normalized spacial score (nSPS) is 23.5. The third kappa shape index (κ3) is 2.13. The first-order valence-corrected chi connectivity index (χ1v) is 5.94. The highest BCUT2D eigenvalue weighted by molar-refractivity contribution is 5.87. The van der Waals surface area contributed by atoms with Gasteiger partial charge in [-0.15, -0.1) is 0 Å². The predicted molar refractivity (Wildman–Crippen MR) is 58.1 cm³/mol. The third-order valence-corrected chi connectivity index (χ3v) is 3.66. The van der Waals surface area contributed by atoms with Gasteiger partial charge >= 0.3 is 12.0 Å². The summed E-state index contributed by atoms with van der Waals surface area (Å²) in [5, 5.41) is 14.5. The molecule has 0 saturated heterocycles. The molecule has 2 saturated carbocycles. The van der Waals surface area contributed by atoms with Crippen molar-refractivity contribution in [2.75, 3.05) is 0 Å². The highest BCUT2D eigenvalue weighted by Gasteiger charge is 2.45. The molecule has 2 amide bonds. The Morgan fingerprint density at radius 3 is 2.19 bits per heavy atom. The van der Waals surface area contributed by atoms with Crippen molar-refractivity contribution >= 4 is 12.0 Å². The Bertz CT molecular complexity index is 294. The zero-order chi connectivity index (χ0) is 11.6. The molecule has 90 valence electrons. The lowest BCUT2D eigenvalue weighted by Crippen LogP contribution is -2.61. The van der Waals surface area contributed by atoms with Crippen LogP contribution in [-0.4, -0.2) is 28.7 Å². The summed E-state index contributed by atoms with van der Waals surface area (Å²) in [7, 11) is 0. The van der Waals surface area contributed by atoms with Gasteiger partial charge in [0.05, 0.1) is 0 Å². The topological polar surface area (TPSA) is 78.4 Å². The third-order valence-electron chi connectivity index (χ3n) is 3.66. The van der Waals surface area contributed by atoms with E-state index in [1.54, 1.807) is 0 Å². The van der Waals surface area contributed by atoms with Crippen molar-refractivity contribution in [3.8, 4) is 0 Å². The summed E-state index contributed by atoms with van der Waals surface area (Å²) in [6.07, 6.45) is 6.27. The largest absolute Gasteiger partial charge is 0.480 e. The minimum absolute atomic E-state index is 0.228. The van der Waals surface area contributed by atoms with Crippen molar-refractivity contribution < 1.29 is 14.7 Å². The van der Waals surface area contributed by atoms with E-state index in [1.165, 1.54) is 0 Å². The van der Waals surface area contributed by atoms with Gasteiger partial charge in [-0.3, -0.25) is 0 Å². The quantitative estimate of drug-likeness (QED) is 0.677. The molecule has 5 heteroatoms. The van der Waals surface area contributed by atoms with Crippen molar-refractivity contribution in [3.05, 3.63) is 0 Å². The number of hydrogen-bond acceptors (Lipinski definition) is 2. The zero-order valence-corrected chi connectivity index (χ0v) is 9.29. The van der Waals surface area contributed by atoms with Crippen LogP contribution >= 0.6 is 0 Å². The molecule has 2 fully saturated rings. The lowest BCUT2D eigenvalue weighted by Gasteiger charge is -2.38. The van der Waals surface area contributed by atoms with Gasteiger partial charge in [0.15, 0.2) is 0 Å². The van der Waals surface area contributed by atoms with E-state index < -0.39 is 11.5 Å². The second-order valence-electron chi connectivity index (χ2n) is 4.82. The summed E-state index contributed by atoms with van der Waals surface area (Å²) in [5.74, 6) is -0.916. The van der Waals surface area contributed by atoms with Crippen LogP contribution in [-0.2, 0) is 4.79 Å². The van der Waals surface area contributed by atoms with E-state index in [0.717, 1.165) is 32.1 Å². The molecule has 0 bridgehead atoms. The molecule has 0 spiro atoms. The van der Waals surface area contributed by atoms with Crippen LogP contribution in [0.1, 0.15) is 44.9 Å². The van der Waals surface area contributed by atoms with E-state index in [1.807, 2.05) is 0 Å². The van der Waals surface area contributed by atoms with Crippen molar-refractivity contribution in [2.45, 2.75) is 56.5 Å². The maximum Gasteiger partial charge on any atom is 0.329 e. The fraction of sp³-hybridized carbons (Fsp3) is 0.818. The first kappa shape index (κ1) is 11.2. The molecule has 0 unspecified atom stereocenters. The number of amides is 2. The highest BCUT2D eigenvalue weighted by Crippen LogP contribution is 2.32. The van der Waals surface area contributed by atoms with Crippen LogP contribution < -0.4 is 10.6 Å². The molecule has 5 nitrogen and oxygen atoms in total. The number of carboxylic acids is 1. The minimum Gasteiger partial charge on any atom is -0.480 e. The Hall–Kier alpha value is -1.26. The fourth-order valence-corrected chi connectivity index (χ4v) is 2.43. The number of carbonyl (C=O) groups is 2. The molecule has 16 heavy (non-hydrogen) atoms. The first-order chi connectivity index (χ1) is 7.62. The molecular formula is C11H18N2O3. The molecular weight excluding hydrogens is 208 g/mol. The van der Waals surface area contributed by atoms with Gasteiger partial charge in [-0.2, -0.15) is 0 Å². The van der Waals surface area contributed by atoms with Crippen molar-refractivity contribution in [1.29, 1.82) is 0 Å². The molecule has 0 aromatic carbocycles. The van der Waals surface area contributed by atoms with Gasteiger partial charge in [0.1, 0.15) is 5.54 Å². The Kier molecular flexibility index (Phi) is 3.03. The van der Waals surface area contributed by atoms with Crippen molar-refractivity contribution in [3.63, 3.8) is 0 Å². The lowest BCUT2D eigenvalue weighted by molar-refractivity contribution is -0.148. The monoisotopic (exact) mass is 226 g/mol. The molecule has 0 aromatic heterocycles. The summed E-state index contributed by atoms with van der Waals surface area (Å²) in [6.45, 7) is 0. The molecule has 2 aliphatic carbocycles. The number of hydrogen-bond donors (Lipinski definition) is 3. The van der Waals surface area contributed by atoms with Gasteiger partial charge in [0.25, 0.3) is 0 Å². The van der Waals surface area contributed by atoms with Crippen LogP contribution in [0.5, 0.6) is 0 Å². The van der Waals surface area contributed by atoms with E-state index in [-0.39, 0.29) is 12.1 Å². The zero-order valence-electron chi connectivity index (χ0n) is 9.29. The van der Waals surface area contributed by atoms with Crippen LogP contribution in [0.15, 0.2) is 0 Å². The number of carbonyl (C=O) groups excluding carboxylic acids is 1. The lowest BCUT2D eigenvalue weighted by atomic mass is 9.77. The summed E-state index contributed by atoms with van der Waals surface area (Å²) in [5.41, 5.74) is -0.997. The first-order valence-electron chi connectivity index (χ1n) is 5.94. The maximum atomic E-state index is 11.6. The average molecular weight is 226 g/mol. The van der Waals surface area contributed by atoms with Crippen LogP contribution in [0.4, 0.5) is 4.79 Å². The summed E-state index contributed by atoms with van der Waals surface area (Å²) >= 11 is 0. The van der Waals surface area contributed by atoms with Crippen LogP contribution in [0.25, 0.3) is 0 Å². The number of aliphatic carboxylic acids is 1. The Labute approximate surface area is 94.6 Å². The maximum absolute atomic E-state index is 11.6. The number of rotatable bonds is 3. The van der Waals surface area contributed by atoms with Gasteiger partial charge < -0.3 is 15.7 Å². The number of urea groups is 1. The average Bonchev–Trinajstić information content (AvgIpc) is 2.63. The summed E-state index contributed by atoms with van der Waals surface area (Å²) in [4.78, 5) is 22.7. The predicted octanol–water partition coefficient (Wildman–Crippen LogP) is 1.24. The van der Waals surface area contributed by atoms with Gasteiger partial charge in [-0.1, -0.05) is 12.8 Å². The van der Waals surface area contributed by atoms with Crippen LogP contribution in [0, 0.1) is 0 Å². The smallest absolute Gasteiger partial charge is 0.329 e. The van der Waals surface area contributed by atoms with E-state index in [2.05, 4.69) is 10.6 Å². The second-order valence-corrected chi connectivity index (χ2v) is 4.82. The van der Waals surface area contributed by atoms with Gasteiger partial charge in [-0.25, -0.2) is 9.59 Å². The van der Waals surface area contributed by atoms with Gasteiger partial charge in [0.2, 0.25) is 0 Å². The van der Waals surface area contributed by atoms with E-state index in [0.29, 0.717) is 12.8 Å². The molecule has 2 aliphatic rings. The Morgan fingerprint density at radius 1 is 1.12 bits per heavy atom. The minimum atomic E-state index is -0.997. The fourth-order valence-electron chi connectivity index (χ4n) is 2.43. The molecule has 2 rings (SSSR count). The number of carboxylic acid groups (broad SMARTS) is 1. The summed E-state index contributed by atoms with van der Waals surface area (Å²) in [6, 6.07) is -0.0973. The molecule has 3 N–H and O–H groups in total. The Morgan fingerprint density at radius 2 is 1.75 bits per heavy atom. The SMILES string of the molecule is O=C(NC1CCCC1)NC1(C(=O)O)CCC1. The standard InChI is InChI=1S/C11H18N2O3/c14-9(15)11(6-3-7-11)13-10(16)12-8-4-1-2-5-8/h8H,1-7H2,(H,14,15)(H2,12,13,16). The summed E-state index contributed by atoms with van der Waals surface area (Å²) < 4.78 is 0. The molecule has 0 atom stereocenters. The molecule has 0 aromatic rings. The van der Waals surface area contributed by atoms with Crippen molar-refractivity contribution in [2.24, 2.45) is 0 Å². The second kappa shape index (κ2) is 4.31. The van der Waals surface area contributed by atoms with E-state index in [4.69, 9.17) is 5.11 Å². The van der Waals surface area contributed by atoms with Crippen molar-refractivity contribution in [1.82, 2.24) is 10.6 Å². The van der Waals surface area contributed by atoms with E-state index in [9.17, 15) is 9.59 Å². The van der Waals surface area contributed by atoms with Crippen LogP contribution in [0.3, 0.4) is 0 Å². The van der Waals surface area contributed by atoms with Gasteiger partial charge in [0, 0.05) is 6.04 Å². The molecule has 0 aliphatic heterocycles. The van der Waals surface area contributed by atoms with Gasteiger partial charge in [-0.05, 0) is 32.1 Å². The molecule has 0 radical (unpaired) electrons. The highest BCUT2D eigenvalue weighted by atomic mass is 16.4. The number of nitrogens with one attached hydrogen (secondary N) is 2.